The van der Waals surface area contributed by atoms with Crippen molar-refractivity contribution in [2.24, 2.45) is 11.8 Å². The van der Waals surface area contributed by atoms with E-state index >= 15 is 0 Å². The summed E-state index contributed by atoms with van der Waals surface area (Å²) in [4.78, 5) is 10.3. The third-order valence-electron chi connectivity index (χ3n) is 4.90. The standard InChI is InChI=1S/C20H34O5.Na/c1-2-3-6-9-15(21)12-13-17-16(18(22)14-19(17)23)10-7-4-5-8-11-20(24)25;/h4,7,12-13,15-19,21-23H,2-3,5-6,8-11,14H2,1H3,(H,24,25);/q;+1/p-1/b7-4+,13-12+;/t15?,16-,17-,18?,19?;/m1./s1. The van der Waals surface area contributed by atoms with E-state index in [1.807, 2.05) is 18.2 Å². The van der Waals surface area contributed by atoms with Gasteiger partial charge in [0.15, 0.2) is 0 Å². The summed E-state index contributed by atoms with van der Waals surface area (Å²) < 4.78 is 0. The van der Waals surface area contributed by atoms with Gasteiger partial charge in [0.05, 0.1) is 18.3 Å². The zero-order chi connectivity index (χ0) is 18.7. The number of aliphatic hydroxyl groups excluding tert-OH is 3. The molecule has 1 aliphatic carbocycles. The molecule has 1 fully saturated rings. The molecule has 0 aromatic rings. The first-order chi connectivity index (χ1) is 12.0. The Hall–Kier alpha value is -0.170. The van der Waals surface area contributed by atoms with Gasteiger partial charge in [-0.25, -0.2) is 0 Å². The first-order valence-corrected chi connectivity index (χ1v) is 9.53. The third kappa shape index (κ3) is 10.2. The van der Waals surface area contributed by atoms with E-state index in [4.69, 9.17) is 0 Å². The molecule has 0 aromatic heterocycles. The molecule has 3 unspecified atom stereocenters. The molecular weight excluding hydrogens is 343 g/mol. The van der Waals surface area contributed by atoms with Crippen LogP contribution in [0, 0.1) is 11.8 Å². The van der Waals surface area contributed by atoms with Crippen molar-refractivity contribution in [3.63, 3.8) is 0 Å². The van der Waals surface area contributed by atoms with Crippen LogP contribution in [0.4, 0.5) is 0 Å². The number of aliphatic carboxylic acids is 1. The third-order valence-corrected chi connectivity index (χ3v) is 4.90. The van der Waals surface area contributed by atoms with Crippen LogP contribution in [0.15, 0.2) is 24.3 Å². The molecule has 0 aromatic carbocycles. The average Bonchev–Trinajstić information content (AvgIpc) is 2.82. The van der Waals surface area contributed by atoms with Crippen LogP contribution < -0.4 is 34.7 Å². The maximum atomic E-state index is 10.3. The van der Waals surface area contributed by atoms with Gasteiger partial charge in [-0.2, -0.15) is 0 Å². The van der Waals surface area contributed by atoms with Crippen LogP contribution in [0.2, 0.25) is 0 Å². The second kappa shape index (κ2) is 14.8. The smallest absolute Gasteiger partial charge is 0.550 e. The number of carbonyl (C=O) groups is 1. The molecular formula is C20H33NaO5. The molecule has 26 heavy (non-hydrogen) atoms. The van der Waals surface area contributed by atoms with Gasteiger partial charge in [0, 0.05) is 18.3 Å². The fourth-order valence-electron chi connectivity index (χ4n) is 3.40. The molecule has 0 bridgehead atoms. The van der Waals surface area contributed by atoms with Gasteiger partial charge in [-0.1, -0.05) is 50.5 Å². The van der Waals surface area contributed by atoms with Crippen LogP contribution in [-0.4, -0.2) is 39.6 Å². The number of allylic oxidation sites excluding steroid dienone is 2. The largest absolute Gasteiger partial charge is 1.00 e. The quantitative estimate of drug-likeness (QED) is 0.224. The maximum absolute atomic E-state index is 10.3. The molecule has 0 radical (unpaired) electrons. The van der Waals surface area contributed by atoms with Crippen LogP contribution in [0.3, 0.4) is 0 Å². The fraction of sp³-hybridized carbons (Fsp3) is 0.750. The van der Waals surface area contributed by atoms with Gasteiger partial charge in [-0.05, 0) is 38.0 Å². The topological polar surface area (TPSA) is 101 Å². The molecule has 144 valence electrons. The van der Waals surface area contributed by atoms with Crippen LogP contribution in [0.5, 0.6) is 0 Å². The fourth-order valence-corrected chi connectivity index (χ4v) is 3.40. The van der Waals surface area contributed by atoms with Crippen molar-refractivity contribution in [3.8, 4) is 0 Å². The summed E-state index contributed by atoms with van der Waals surface area (Å²) in [5.41, 5.74) is 0. The van der Waals surface area contributed by atoms with Crippen molar-refractivity contribution in [1.29, 1.82) is 0 Å². The number of carbonyl (C=O) groups excluding carboxylic acids is 1. The Balaban J connectivity index is 0.00000625. The van der Waals surface area contributed by atoms with Gasteiger partial charge in [0.25, 0.3) is 0 Å². The van der Waals surface area contributed by atoms with Crippen molar-refractivity contribution in [2.75, 3.05) is 0 Å². The monoisotopic (exact) mass is 376 g/mol. The van der Waals surface area contributed by atoms with Crippen LogP contribution in [0.25, 0.3) is 0 Å². The minimum Gasteiger partial charge on any atom is -0.550 e. The Morgan fingerprint density at radius 3 is 2.58 bits per heavy atom. The van der Waals surface area contributed by atoms with E-state index < -0.39 is 24.3 Å². The minimum absolute atomic E-state index is 0. The first kappa shape index (κ1) is 25.8. The summed E-state index contributed by atoms with van der Waals surface area (Å²) in [5.74, 6) is -1.28. The second-order valence-electron chi connectivity index (χ2n) is 7.03. The van der Waals surface area contributed by atoms with E-state index in [9.17, 15) is 25.2 Å². The molecule has 1 aliphatic rings. The molecule has 0 saturated heterocycles. The number of hydrogen-bond acceptors (Lipinski definition) is 5. The molecule has 1 rings (SSSR count). The Kier molecular flexibility index (Phi) is 14.7. The molecule has 0 aliphatic heterocycles. The number of carboxylic acids is 1. The molecule has 0 amide bonds. The second-order valence-corrected chi connectivity index (χ2v) is 7.03. The van der Waals surface area contributed by atoms with Gasteiger partial charge in [-0.3, -0.25) is 0 Å². The summed E-state index contributed by atoms with van der Waals surface area (Å²) in [6, 6.07) is 0. The molecule has 5 nitrogen and oxygen atoms in total. The number of carboxylic acid groups (broad SMARTS) is 1. The normalized spacial score (nSPS) is 27.1. The van der Waals surface area contributed by atoms with Gasteiger partial charge >= 0.3 is 29.6 Å². The zero-order valence-corrected chi connectivity index (χ0v) is 18.2. The van der Waals surface area contributed by atoms with Gasteiger partial charge in [-0.15, -0.1) is 0 Å². The Morgan fingerprint density at radius 2 is 1.92 bits per heavy atom. The maximum Gasteiger partial charge on any atom is 1.00 e. The molecule has 6 heteroatoms. The predicted octanol–water partition coefficient (Wildman–Crippen LogP) is -1.29. The Bertz CT molecular complexity index is 438. The summed E-state index contributed by atoms with van der Waals surface area (Å²) in [6.07, 6.45) is 12.0. The van der Waals surface area contributed by atoms with Crippen LogP contribution in [0.1, 0.15) is 64.7 Å². The zero-order valence-electron chi connectivity index (χ0n) is 16.2. The summed E-state index contributed by atoms with van der Waals surface area (Å²) in [7, 11) is 0. The van der Waals surface area contributed by atoms with E-state index in [1.165, 1.54) is 0 Å². The van der Waals surface area contributed by atoms with Crippen molar-refractivity contribution < 1.29 is 54.8 Å². The molecule has 3 N–H and O–H groups in total. The van der Waals surface area contributed by atoms with Gasteiger partial charge in [0.2, 0.25) is 0 Å². The van der Waals surface area contributed by atoms with Gasteiger partial charge < -0.3 is 25.2 Å². The Labute approximate surface area is 179 Å². The molecule has 1 saturated carbocycles. The van der Waals surface area contributed by atoms with E-state index in [0.717, 1.165) is 25.7 Å². The number of rotatable bonds is 12. The predicted molar refractivity (Wildman–Crippen MR) is 95.5 cm³/mol. The minimum atomic E-state index is -1.04. The summed E-state index contributed by atoms with van der Waals surface area (Å²) in [6.45, 7) is 2.12. The van der Waals surface area contributed by atoms with Crippen molar-refractivity contribution >= 4 is 5.97 Å². The van der Waals surface area contributed by atoms with Crippen LogP contribution >= 0.6 is 0 Å². The SMILES string of the molecule is CCCCCC(O)/C=C/[C@H]1C(O)CC(O)[C@@H]1C/C=C/CCCC(=O)[O-].[Na+]. The van der Waals surface area contributed by atoms with Crippen molar-refractivity contribution in [3.05, 3.63) is 24.3 Å². The molecule has 0 heterocycles. The van der Waals surface area contributed by atoms with E-state index in [-0.39, 0.29) is 47.8 Å². The number of aliphatic hydroxyl groups is 3. The van der Waals surface area contributed by atoms with Crippen molar-refractivity contribution in [1.82, 2.24) is 0 Å². The summed E-state index contributed by atoms with van der Waals surface area (Å²) in [5, 5.41) is 40.7. The van der Waals surface area contributed by atoms with Gasteiger partial charge in [0.1, 0.15) is 0 Å². The number of hydrogen-bond donors (Lipinski definition) is 3. The first-order valence-electron chi connectivity index (χ1n) is 9.53. The summed E-state index contributed by atoms with van der Waals surface area (Å²) >= 11 is 0. The Morgan fingerprint density at radius 1 is 1.19 bits per heavy atom. The molecule has 0 spiro atoms. The average molecular weight is 376 g/mol. The van der Waals surface area contributed by atoms with Crippen LogP contribution in [-0.2, 0) is 4.79 Å². The van der Waals surface area contributed by atoms with Crippen molar-refractivity contribution in [2.45, 2.75) is 83.0 Å². The molecule has 5 atom stereocenters. The van der Waals surface area contributed by atoms with E-state index in [2.05, 4.69) is 6.92 Å². The van der Waals surface area contributed by atoms with E-state index in [0.29, 0.717) is 25.7 Å². The van der Waals surface area contributed by atoms with E-state index in [1.54, 1.807) is 6.08 Å². The number of unbranched alkanes of at least 4 members (excludes halogenated alkanes) is 3.